The molecule has 0 fully saturated rings. The molecule has 0 unspecified atom stereocenters. The summed E-state index contributed by atoms with van der Waals surface area (Å²) in [5.74, 6) is 1.57. The third-order valence-electron chi connectivity index (χ3n) is 3.78. The molecular weight excluding hydrogens is 383 g/mol. The summed E-state index contributed by atoms with van der Waals surface area (Å²) < 4.78 is 20.3. The van der Waals surface area contributed by atoms with Crippen LogP contribution in [0.5, 0.6) is 0 Å². The number of nitrogen functional groups attached to an aromatic ring is 1. The quantitative estimate of drug-likeness (QED) is 0.488. The van der Waals surface area contributed by atoms with Crippen LogP contribution < -0.4 is 5.73 Å². The van der Waals surface area contributed by atoms with E-state index in [1.165, 1.54) is 23.9 Å². The number of halogens is 1. The summed E-state index contributed by atoms with van der Waals surface area (Å²) in [7, 11) is 0. The van der Waals surface area contributed by atoms with Crippen LogP contribution in [0.1, 0.15) is 17.1 Å². The van der Waals surface area contributed by atoms with Gasteiger partial charge in [0.25, 0.3) is 5.22 Å². The van der Waals surface area contributed by atoms with Gasteiger partial charge in [-0.15, -0.1) is 15.3 Å². The lowest BCUT2D eigenvalue weighted by Crippen LogP contribution is -2.07. The van der Waals surface area contributed by atoms with E-state index in [4.69, 9.17) is 10.2 Å². The van der Waals surface area contributed by atoms with E-state index in [9.17, 15) is 4.39 Å². The fourth-order valence-corrected chi connectivity index (χ4v) is 3.04. The molecule has 0 radical (unpaired) electrons. The summed E-state index contributed by atoms with van der Waals surface area (Å²) in [5, 5.41) is 16.6. The molecule has 0 aliphatic heterocycles. The summed E-state index contributed by atoms with van der Waals surface area (Å²) >= 11 is 1.34. The number of nitrogens with zero attached hydrogens (tertiary/aromatic N) is 7. The third-order valence-corrected chi connectivity index (χ3v) is 4.63. The second-order valence-electron chi connectivity index (χ2n) is 5.90. The Labute approximate surface area is 163 Å². The molecule has 3 heterocycles. The van der Waals surface area contributed by atoms with Gasteiger partial charge in [-0.3, -0.25) is 0 Å². The minimum Gasteiger partial charge on any atom is -0.411 e. The number of rotatable bonds is 6. The van der Waals surface area contributed by atoms with E-state index in [-0.39, 0.29) is 5.82 Å². The molecule has 28 heavy (non-hydrogen) atoms. The van der Waals surface area contributed by atoms with E-state index >= 15 is 0 Å². The SMILES string of the molecule is Cc1ncc(Cn2cc(CSc3nnc(-c4ccc(F)cc4)o3)nn2)c(N)n1. The highest BCUT2D eigenvalue weighted by Crippen LogP contribution is 2.25. The van der Waals surface area contributed by atoms with E-state index in [2.05, 4.69) is 30.5 Å². The maximum Gasteiger partial charge on any atom is 0.277 e. The first-order chi connectivity index (χ1) is 13.6. The highest BCUT2D eigenvalue weighted by atomic mass is 32.2. The monoisotopic (exact) mass is 398 g/mol. The number of aromatic nitrogens is 7. The maximum absolute atomic E-state index is 13.0. The smallest absolute Gasteiger partial charge is 0.277 e. The van der Waals surface area contributed by atoms with Crippen LogP contribution in [-0.4, -0.2) is 35.2 Å². The Morgan fingerprint density at radius 1 is 1.18 bits per heavy atom. The summed E-state index contributed by atoms with van der Waals surface area (Å²) in [6.45, 7) is 2.21. The van der Waals surface area contributed by atoms with Gasteiger partial charge in [-0.2, -0.15) is 0 Å². The van der Waals surface area contributed by atoms with Gasteiger partial charge in [-0.05, 0) is 31.2 Å². The van der Waals surface area contributed by atoms with Gasteiger partial charge in [-0.25, -0.2) is 19.0 Å². The van der Waals surface area contributed by atoms with Crippen molar-refractivity contribution in [3.63, 3.8) is 0 Å². The van der Waals surface area contributed by atoms with Gasteiger partial charge in [0.05, 0.1) is 12.2 Å². The summed E-state index contributed by atoms with van der Waals surface area (Å²) in [6.07, 6.45) is 3.49. The third kappa shape index (κ3) is 4.14. The van der Waals surface area contributed by atoms with Gasteiger partial charge in [0, 0.05) is 29.3 Å². The number of hydrogen-bond acceptors (Lipinski definition) is 9. The number of benzene rings is 1. The molecule has 2 N–H and O–H groups in total. The van der Waals surface area contributed by atoms with Gasteiger partial charge in [0.1, 0.15) is 17.5 Å². The average molecular weight is 398 g/mol. The Hall–Kier alpha value is -3.34. The molecular formula is C17H15FN8OS. The van der Waals surface area contributed by atoms with E-state index < -0.39 is 0 Å². The minimum atomic E-state index is -0.320. The molecule has 0 amide bonds. The van der Waals surface area contributed by atoms with Crippen LogP contribution >= 0.6 is 11.8 Å². The maximum atomic E-state index is 13.0. The largest absolute Gasteiger partial charge is 0.411 e. The highest BCUT2D eigenvalue weighted by molar-refractivity contribution is 7.98. The molecule has 1 aromatic carbocycles. The molecule has 3 aromatic heterocycles. The van der Waals surface area contributed by atoms with Gasteiger partial charge in [0.2, 0.25) is 5.89 Å². The minimum absolute atomic E-state index is 0.320. The number of hydrogen-bond donors (Lipinski definition) is 1. The molecule has 0 spiro atoms. The van der Waals surface area contributed by atoms with Gasteiger partial charge < -0.3 is 10.2 Å². The van der Waals surface area contributed by atoms with E-state index in [1.54, 1.807) is 29.9 Å². The number of aryl methyl sites for hydroxylation is 1. The predicted molar refractivity (Wildman–Crippen MR) is 99.6 cm³/mol. The van der Waals surface area contributed by atoms with Crippen molar-refractivity contribution in [2.45, 2.75) is 24.4 Å². The van der Waals surface area contributed by atoms with Crippen LogP contribution in [0.25, 0.3) is 11.5 Å². The zero-order valence-corrected chi connectivity index (χ0v) is 15.6. The van der Waals surface area contributed by atoms with Gasteiger partial charge in [-0.1, -0.05) is 17.0 Å². The first kappa shape index (κ1) is 18.0. The summed E-state index contributed by atoms with van der Waals surface area (Å²) in [6, 6.07) is 5.86. The Morgan fingerprint density at radius 3 is 2.79 bits per heavy atom. The normalized spacial score (nSPS) is 11.1. The molecule has 0 saturated carbocycles. The van der Waals surface area contributed by atoms with Crippen LogP contribution in [0.2, 0.25) is 0 Å². The Morgan fingerprint density at radius 2 is 2.00 bits per heavy atom. The number of thioether (sulfide) groups is 1. The molecule has 0 bridgehead atoms. The van der Waals surface area contributed by atoms with Crippen molar-refractivity contribution in [3.05, 3.63) is 59.6 Å². The first-order valence-corrected chi connectivity index (χ1v) is 9.24. The van der Waals surface area contributed by atoms with Crippen molar-refractivity contribution in [3.8, 4) is 11.5 Å². The van der Waals surface area contributed by atoms with E-state index in [0.29, 0.717) is 40.6 Å². The van der Waals surface area contributed by atoms with Crippen molar-refractivity contribution < 1.29 is 8.81 Å². The zero-order valence-electron chi connectivity index (χ0n) is 14.8. The van der Waals surface area contributed by atoms with Crippen molar-refractivity contribution in [1.29, 1.82) is 0 Å². The van der Waals surface area contributed by atoms with Crippen molar-refractivity contribution in [1.82, 2.24) is 35.2 Å². The van der Waals surface area contributed by atoms with Crippen molar-refractivity contribution in [2.24, 2.45) is 0 Å². The second kappa shape index (κ2) is 7.72. The summed E-state index contributed by atoms with van der Waals surface area (Å²) in [5.41, 5.74) is 8.08. The molecule has 11 heteroatoms. The van der Waals surface area contributed by atoms with Crippen LogP contribution in [0.3, 0.4) is 0 Å². The first-order valence-electron chi connectivity index (χ1n) is 8.26. The topological polar surface area (TPSA) is 121 Å². The van der Waals surface area contributed by atoms with Crippen LogP contribution in [-0.2, 0) is 12.3 Å². The van der Waals surface area contributed by atoms with Crippen molar-refractivity contribution in [2.75, 3.05) is 5.73 Å². The highest BCUT2D eigenvalue weighted by Gasteiger charge is 2.11. The van der Waals surface area contributed by atoms with Gasteiger partial charge in [0.15, 0.2) is 0 Å². The molecule has 4 aromatic rings. The fourth-order valence-electron chi connectivity index (χ4n) is 2.40. The standard InChI is InChI=1S/C17H15FN8OS/c1-10-20-6-12(15(19)21-10)7-26-8-14(22-25-26)9-28-17-24-23-16(27-17)11-2-4-13(18)5-3-11/h2-6,8H,7,9H2,1H3,(H2,19,20,21). The number of anilines is 1. The molecule has 0 aliphatic carbocycles. The second-order valence-corrected chi connectivity index (χ2v) is 6.83. The zero-order chi connectivity index (χ0) is 19.5. The lowest BCUT2D eigenvalue weighted by atomic mass is 10.2. The lowest BCUT2D eigenvalue weighted by Gasteiger charge is -2.04. The fraction of sp³-hybridized carbons (Fsp3) is 0.176. The van der Waals surface area contributed by atoms with Crippen LogP contribution in [0.15, 0.2) is 46.3 Å². The van der Waals surface area contributed by atoms with Crippen LogP contribution in [0.4, 0.5) is 10.2 Å². The molecule has 9 nitrogen and oxygen atoms in total. The number of nitrogens with two attached hydrogens (primary N) is 1. The Bertz CT molecular complexity index is 1090. The van der Waals surface area contributed by atoms with E-state index in [0.717, 1.165) is 11.3 Å². The Kier molecular flexibility index (Phi) is 4.98. The molecule has 0 saturated heterocycles. The predicted octanol–water partition coefficient (Wildman–Crippen LogP) is 2.49. The Balaban J connectivity index is 1.37. The molecule has 4 rings (SSSR count). The van der Waals surface area contributed by atoms with Crippen LogP contribution in [0, 0.1) is 12.7 Å². The van der Waals surface area contributed by atoms with E-state index in [1.807, 2.05) is 6.20 Å². The average Bonchev–Trinajstić information content (AvgIpc) is 3.32. The molecule has 0 aliphatic rings. The summed E-state index contributed by atoms with van der Waals surface area (Å²) in [4.78, 5) is 8.28. The molecule has 0 atom stereocenters. The lowest BCUT2D eigenvalue weighted by molar-refractivity contribution is 0.465. The van der Waals surface area contributed by atoms with Gasteiger partial charge >= 0.3 is 0 Å². The van der Waals surface area contributed by atoms with Crippen molar-refractivity contribution >= 4 is 17.6 Å². The molecule has 142 valence electrons.